The van der Waals surface area contributed by atoms with Crippen LogP contribution in [-0.2, 0) is 0 Å². The third-order valence-electron chi connectivity index (χ3n) is 3.39. The molecule has 104 valence electrons. The Labute approximate surface area is 117 Å². The number of aromatic nitrogens is 2. The minimum absolute atomic E-state index is 0.235. The van der Waals surface area contributed by atoms with Crippen LogP contribution < -0.4 is 10.1 Å². The number of methoxy groups -OCH3 is 1. The lowest BCUT2D eigenvalue weighted by Crippen LogP contribution is -2.01. The summed E-state index contributed by atoms with van der Waals surface area (Å²) in [4.78, 5) is 9.01. The topological polar surface area (TPSA) is 47.0 Å². The van der Waals surface area contributed by atoms with Crippen LogP contribution >= 0.6 is 0 Å². The quantitative estimate of drug-likeness (QED) is 0.929. The van der Waals surface area contributed by atoms with Crippen molar-refractivity contribution in [3.63, 3.8) is 0 Å². The zero-order valence-electron chi connectivity index (χ0n) is 11.5. The Kier molecular flexibility index (Phi) is 3.26. The first kappa shape index (κ1) is 12.8. The number of hydrogen-bond donors (Lipinski definition) is 1. The number of benzene rings is 1. The van der Waals surface area contributed by atoms with Crippen molar-refractivity contribution in [2.24, 2.45) is 0 Å². The van der Waals surface area contributed by atoms with Crippen molar-refractivity contribution >= 4 is 5.82 Å². The Bertz CT molecular complexity index is 641. The van der Waals surface area contributed by atoms with Crippen molar-refractivity contribution in [2.45, 2.75) is 18.8 Å². The lowest BCUT2D eigenvalue weighted by molar-refractivity contribution is 0.386. The van der Waals surface area contributed by atoms with E-state index < -0.39 is 0 Å². The predicted molar refractivity (Wildman–Crippen MR) is 75.5 cm³/mol. The zero-order valence-corrected chi connectivity index (χ0v) is 11.5. The molecule has 3 rings (SSSR count). The molecule has 1 N–H and O–H groups in total. The van der Waals surface area contributed by atoms with E-state index in [1.807, 2.05) is 13.1 Å². The van der Waals surface area contributed by atoms with Gasteiger partial charge in [0.05, 0.1) is 12.8 Å². The lowest BCUT2D eigenvalue weighted by Gasteiger charge is -2.09. The molecular formula is C15H16FN3O. The van der Waals surface area contributed by atoms with E-state index in [1.165, 1.54) is 13.2 Å². The highest BCUT2D eigenvalue weighted by Crippen LogP contribution is 2.39. The third kappa shape index (κ3) is 2.43. The number of halogens is 1. The molecule has 0 unspecified atom stereocenters. The van der Waals surface area contributed by atoms with Crippen molar-refractivity contribution < 1.29 is 9.13 Å². The summed E-state index contributed by atoms with van der Waals surface area (Å²) in [6, 6.07) is 6.69. The number of hydrogen-bond acceptors (Lipinski definition) is 4. The van der Waals surface area contributed by atoms with E-state index in [4.69, 9.17) is 4.74 Å². The Hall–Kier alpha value is -2.17. The molecule has 0 amide bonds. The zero-order chi connectivity index (χ0) is 14.1. The second kappa shape index (κ2) is 5.07. The molecular weight excluding hydrogens is 257 g/mol. The molecule has 0 bridgehead atoms. The van der Waals surface area contributed by atoms with Crippen LogP contribution in [0.2, 0.25) is 0 Å². The van der Waals surface area contributed by atoms with E-state index in [0.29, 0.717) is 5.92 Å². The maximum atomic E-state index is 13.8. The van der Waals surface area contributed by atoms with Crippen molar-refractivity contribution in [3.05, 3.63) is 35.9 Å². The fourth-order valence-electron chi connectivity index (χ4n) is 2.09. The van der Waals surface area contributed by atoms with Crippen molar-refractivity contribution in [1.29, 1.82) is 0 Å². The van der Waals surface area contributed by atoms with E-state index in [2.05, 4.69) is 15.3 Å². The number of ether oxygens (including phenoxy) is 1. The van der Waals surface area contributed by atoms with Gasteiger partial charge in [-0.15, -0.1) is 0 Å². The van der Waals surface area contributed by atoms with Gasteiger partial charge in [-0.25, -0.2) is 14.4 Å². The molecule has 0 aliphatic heterocycles. The van der Waals surface area contributed by atoms with Crippen LogP contribution in [0.1, 0.15) is 24.6 Å². The highest BCUT2D eigenvalue weighted by molar-refractivity contribution is 5.63. The van der Waals surface area contributed by atoms with Gasteiger partial charge >= 0.3 is 0 Å². The number of nitrogens with zero attached hydrogens (tertiary/aromatic N) is 2. The minimum Gasteiger partial charge on any atom is -0.494 e. The predicted octanol–water partition coefficient (Wildman–Crippen LogP) is 3.21. The van der Waals surface area contributed by atoms with Crippen LogP contribution in [0, 0.1) is 5.82 Å². The van der Waals surface area contributed by atoms with Gasteiger partial charge in [-0.1, -0.05) is 0 Å². The normalized spacial score (nSPS) is 14.2. The number of nitrogens with one attached hydrogen (secondary N) is 1. The molecule has 0 saturated heterocycles. The van der Waals surface area contributed by atoms with Gasteiger partial charge < -0.3 is 10.1 Å². The summed E-state index contributed by atoms with van der Waals surface area (Å²) in [6.45, 7) is 0. The first-order valence-corrected chi connectivity index (χ1v) is 6.62. The highest BCUT2D eigenvalue weighted by atomic mass is 19.1. The van der Waals surface area contributed by atoms with Crippen LogP contribution in [0.5, 0.6) is 5.75 Å². The van der Waals surface area contributed by atoms with E-state index >= 15 is 0 Å². The maximum absolute atomic E-state index is 13.8. The molecule has 0 radical (unpaired) electrons. The molecule has 0 spiro atoms. The molecule has 1 aliphatic carbocycles. The minimum atomic E-state index is -0.386. The van der Waals surface area contributed by atoms with E-state index in [-0.39, 0.29) is 11.6 Å². The Morgan fingerprint density at radius 1 is 1.25 bits per heavy atom. The Balaban J connectivity index is 2.04. The summed E-state index contributed by atoms with van der Waals surface area (Å²) in [5.74, 6) is 1.89. The van der Waals surface area contributed by atoms with E-state index in [9.17, 15) is 4.39 Å². The third-order valence-corrected chi connectivity index (χ3v) is 3.39. The second-order valence-electron chi connectivity index (χ2n) is 4.87. The smallest absolute Gasteiger partial charge is 0.165 e. The second-order valence-corrected chi connectivity index (χ2v) is 4.87. The van der Waals surface area contributed by atoms with Gasteiger partial charge in [-0.05, 0) is 31.0 Å². The maximum Gasteiger partial charge on any atom is 0.165 e. The van der Waals surface area contributed by atoms with Crippen LogP contribution in [-0.4, -0.2) is 24.1 Å². The molecule has 4 nitrogen and oxygen atoms in total. The SMILES string of the molecule is CNc1cc(-c2ccc(OC)c(F)c2)nc(C2CC2)n1. The van der Waals surface area contributed by atoms with Gasteiger partial charge in [0.25, 0.3) is 0 Å². The van der Waals surface area contributed by atoms with Gasteiger partial charge in [0.2, 0.25) is 0 Å². The first-order valence-electron chi connectivity index (χ1n) is 6.62. The average Bonchev–Trinajstić information content (AvgIpc) is 3.31. The molecule has 1 saturated carbocycles. The van der Waals surface area contributed by atoms with Crippen molar-refractivity contribution in [2.75, 3.05) is 19.5 Å². The summed E-state index contributed by atoms with van der Waals surface area (Å²) in [5, 5.41) is 3.03. The molecule has 1 aliphatic rings. The molecule has 1 aromatic heterocycles. The average molecular weight is 273 g/mol. The van der Waals surface area contributed by atoms with Crippen molar-refractivity contribution in [3.8, 4) is 17.0 Å². The Morgan fingerprint density at radius 3 is 2.65 bits per heavy atom. The van der Waals surface area contributed by atoms with E-state index in [1.54, 1.807) is 12.1 Å². The first-order chi connectivity index (χ1) is 9.71. The molecule has 20 heavy (non-hydrogen) atoms. The van der Waals surface area contributed by atoms with Crippen LogP contribution in [0.3, 0.4) is 0 Å². The Morgan fingerprint density at radius 2 is 2.05 bits per heavy atom. The molecule has 0 atom stereocenters. The van der Waals surface area contributed by atoms with Gasteiger partial charge in [-0.3, -0.25) is 0 Å². The van der Waals surface area contributed by atoms with Crippen LogP contribution in [0.4, 0.5) is 10.2 Å². The van der Waals surface area contributed by atoms with E-state index in [0.717, 1.165) is 35.7 Å². The van der Waals surface area contributed by atoms with Gasteiger partial charge in [0, 0.05) is 24.6 Å². The summed E-state index contributed by atoms with van der Waals surface area (Å²) >= 11 is 0. The summed E-state index contributed by atoms with van der Waals surface area (Å²) in [7, 11) is 3.27. The van der Waals surface area contributed by atoms with Crippen LogP contribution in [0.15, 0.2) is 24.3 Å². The lowest BCUT2D eigenvalue weighted by atomic mass is 10.1. The summed E-state index contributed by atoms with van der Waals surface area (Å²) in [6.07, 6.45) is 2.26. The summed E-state index contributed by atoms with van der Waals surface area (Å²) < 4.78 is 18.7. The number of anilines is 1. The van der Waals surface area contributed by atoms with Crippen molar-refractivity contribution in [1.82, 2.24) is 9.97 Å². The molecule has 1 fully saturated rings. The highest BCUT2D eigenvalue weighted by Gasteiger charge is 2.27. The standard InChI is InChI=1S/C15H16FN3O/c1-17-14-8-12(18-15(19-14)9-3-4-9)10-5-6-13(20-2)11(16)7-10/h5-9H,3-4H2,1-2H3,(H,17,18,19). The fraction of sp³-hybridized carbons (Fsp3) is 0.333. The number of rotatable bonds is 4. The summed E-state index contributed by atoms with van der Waals surface area (Å²) in [5.41, 5.74) is 1.46. The fourth-order valence-corrected chi connectivity index (χ4v) is 2.09. The molecule has 5 heteroatoms. The van der Waals surface area contributed by atoms with Gasteiger partial charge in [0.15, 0.2) is 11.6 Å². The monoisotopic (exact) mass is 273 g/mol. The molecule has 2 aromatic rings. The molecule has 1 aromatic carbocycles. The molecule has 1 heterocycles. The van der Waals surface area contributed by atoms with Gasteiger partial charge in [-0.2, -0.15) is 0 Å². The van der Waals surface area contributed by atoms with Gasteiger partial charge in [0.1, 0.15) is 11.6 Å². The largest absolute Gasteiger partial charge is 0.494 e. The van der Waals surface area contributed by atoms with Crippen LogP contribution in [0.25, 0.3) is 11.3 Å².